The molecule has 5 heteroatoms. The predicted octanol–water partition coefficient (Wildman–Crippen LogP) is 16.9. The lowest BCUT2D eigenvalue weighted by molar-refractivity contribution is -1.22. The molecule has 0 saturated carbocycles. The van der Waals surface area contributed by atoms with Gasteiger partial charge in [-0.2, -0.15) is 9.68 Å². The van der Waals surface area contributed by atoms with Gasteiger partial charge in [0.1, 0.15) is 38.8 Å². The zero-order valence-corrected chi connectivity index (χ0v) is 40.5. The van der Waals surface area contributed by atoms with Gasteiger partial charge >= 0.3 is 0 Å². The summed E-state index contributed by atoms with van der Waals surface area (Å²) in [5, 5.41) is 0. The van der Waals surface area contributed by atoms with Crippen molar-refractivity contribution in [1.29, 1.82) is 0 Å². The Morgan fingerprint density at radius 2 is 0.571 bits per heavy atom. The van der Waals surface area contributed by atoms with Gasteiger partial charge in [0.2, 0.25) is 0 Å². The highest BCUT2D eigenvalue weighted by Crippen LogP contribution is 2.26. The summed E-state index contributed by atoms with van der Waals surface area (Å²) in [5.74, 6) is 1.95. The van der Waals surface area contributed by atoms with Crippen LogP contribution in [0.15, 0.2) is 97.1 Å². The molecule has 5 nitrogen and oxygen atoms in total. The third kappa shape index (κ3) is 23.7. The summed E-state index contributed by atoms with van der Waals surface area (Å²) in [6.07, 6.45) is 32.7. The summed E-state index contributed by atoms with van der Waals surface area (Å²) in [6, 6.07) is 35.4. The monoisotopic (exact) mass is 863 g/mol. The normalized spacial score (nSPS) is 11.6. The van der Waals surface area contributed by atoms with E-state index in [4.69, 9.17) is 19.1 Å². The van der Waals surface area contributed by atoms with Gasteiger partial charge in [-0.05, 0) is 114 Å². The highest BCUT2D eigenvalue weighted by molar-refractivity contribution is 5.65. The number of hydrogen-bond acceptors (Lipinski definition) is 4. The van der Waals surface area contributed by atoms with Gasteiger partial charge in [0.25, 0.3) is 0 Å². The molecule has 0 spiro atoms. The molecule has 63 heavy (non-hydrogen) atoms. The molecule has 0 aliphatic carbocycles. The first-order chi connectivity index (χ1) is 31.0. The van der Waals surface area contributed by atoms with Crippen molar-refractivity contribution in [3.63, 3.8) is 0 Å². The van der Waals surface area contributed by atoms with Crippen LogP contribution in [-0.2, 0) is 22.5 Å². The molecule has 0 unspecified atom stereocenters. The molecule has 0 aromatic heterocycles. The van der Waals surface area contributed by atoms with Crippen molar-refractivity contribution in [1.82, 2.24) is 0 Å². The molecule has 0 bridgehead atoms. The highest BCUT2D eigenvalue weighted by atomic mass is 17.0. The van der Waals surface area contributed by atoms with Crippen LogP contribution in [0.1, 0.15) is 179 Å². The van der Waals surface area contributed by atoms with Crippen LogP contribution in [0.2, 0.25) is 0 Å². The number of quaternary nitrogens is 1. The predicted molar refractivity (Wildman–Crippen MR) is 268 cm³/mol. The lowest BCUT2D eigenvalue weighted by atomic mass is 10.0. The van der Waals surface area contributed by atoms with Gasteiger partial charge in [-0.15, -0.1) is 0 Å². The van der Waals surface area contributed by atoms with E-state index in [1.165, 1.54) is 175 Å². The molecule has 0 aliphatic heterocycles. The Balaban J connectivity index is 0.889. The van der Waals surface area contributed by atoms with Crippen LogP contribution in [0.25, 0.3) is 22.3 Å². The second-order valence-corrected chi connectivity index (χ2v) is 18.3. The summed E-state index contributed by atoms with van der Waals surface area (Å²) < 4.78 is 11.8. The van der Waals surface area contributed by atoms with Crippen molar-refractivity contribution in [2.75, 3.05) is 40.5 Å². The van der Waals surface area contributed by atoms with E-state index in [9.17, 15) is 0 Å². The Hall–Kier alpha value is -3.64. The van der Waals surface area contributed by atoms with E-state index >= 15 is 0 Å². The van der Waals surface area contributed by atoms with E-state index in [0.717, 1.165) is 63.6 Å². The van der Waals surface area contributed by atoms with Crippen molar-refractivity contribution in [3.8, 4) is 33.8 Å². The van der Waals surface area contributed by atoms with Crippen molar-refractivity contribution in [2.24, 2.45) is 0 Å². The Kier molecular flexibility index (Phi) is 27.2. The van der Waals surface area contributed by atoms with Gasteiger partial charge in [0, 0.05) is 0 Å². The first-order valence-electron chi connectivity index (χ1n) is 25.7. The maximum Gasteiger partial charge on any atom is 0.132 e. The minimum absolute atomic E-state index is 0.203. The van der Waals surface area contributed by atoms with Gasteiger partial charge in [-0.25, -0.2) is 0 Å². The molecular weight excluding hydrogens is 775 g/mol. The average Bonchev–Trinajstić information content (AvgIpc) is 3.30. The fourth-order valence-corrected chi connectivity index (χ4v) is 8.24. The third-order valence-corrected chi connectivity index (χ3v) is 12.3. The van der Waals surface area contributed by atoms with Crippen LogP contribution in [0.5, 0.6) is 11.5 Å². The Labute approximate surface area is 385 Å². The SMILES string of the molecule is CCCCCCOc1ccc(-c2ccc(CCCCCCCCCCO[N+](C)(C)OCCCCCCCCCCc3ccc(-c4ccc(OCCCCCC)cc4)cc3)cc2)cc1. The Bertz CT molecular complexity index is 1540. The maximum atomic E-state index is 6.06. The number of hydrogen-bond donors (Lipinski definition) is 0. The van der Waals surface area contributed by atoms with Crippen LogP contribution in [-0.4, -0.2) is 45.3 Å². The molecule has 348 valence electrons. The van der Waals surface area contributed by atoms with Gasteiger partial charge in [0.05, 0.1) is 13.2 Å². The fourth-order valence-electron chi connectivity index (χ4n) is 8.24. The number of nitrogens with zero attached hydrogens (tertiary/aromatic N) is 1. The Morgan fingerprint density at radius 3 is 0.905 bits per heavy atom. The molecule has 0 amide bonds. The van der Waals surface area contributed by atoms with Gasteiger partial charge < -0.3 is 9.47 Å². The number of rotatable bonds is 38. The van der Waals surface area contributed by atoms with E-state index in [2.05, 4.69) is 111 Å². The van der Waals surface area contributed by atoms with Crippen LogP contribution >= 0.6 is 0 Å². The number of ether oxygens (including phenoxy) is 2. The minimum Gasteiger partial charge on any atom is -0.494 e. The summed E-state index contributed by atoms with van der Waals surface area (Å²) in [7, 11) is 4.03. The van der Waals surface area contributed by atoms with E-state index in [0.29, 0.717) is 0 Å². The average molecular weight is 863 g/mol. The van der Waals surface area contributed by atoms with Gasteiger partial charge in [-0.3, -0.25) is 0 Å². The molecular formula is C58H88NO4+. The second-order valence-electron chi connectivity index (χ2n) is 18.3. The van der Waals surface area contributed by atoms with Crippen molar-refractivity contribution >= 4 is 0 Å². The molecule has 0 atom stereocenters. The first kappa shape index (κ1) is 52.0. The molecule has 0 saturated heterocycles. The van der Waals surface area contributed by atoms with Gasteiger partial charge in [-0.1, -0.05) is 202 Å². The molecule has 0 N–H and O–H groups in total. The Morgan fingerprint density at radius 1 is 0.302 bits per heavy atom. The molecule has 4 aromatic rings. The lowest BCUT2D eigenvalue weighted by Gasteiger charge is -2.24. The molecule has 0 radical (unpaired) electrons. The summed E-state index contributed by atoms with van der Waals surface area (Å²) >= 11 is 0. The fraction of sp³-hybridized carbons (Fsp3) is 0.586. The van der Waals surface area contributed by atoms with E-state index in [1.54, 1.807) is 0 Å². The first-order valence-corrected chi connectivity index (χ1v) is 25.7. The molecule has 0 fully saturated rings. The number of benzene rings is 4. The molecule has 0 heterocycles. The lowest BCUT2D eigenvalue weighted by Crippen LogP contribution is -2.40. The number of aryl methyl sites for hydroxylation is 2. The van der Waals surface area contributed by atoms with Crippen molar-refractivity contribution in [3.05, 3.63) is 108 Å². The third-order valence-electron chi connectivity index (χ3n) is 12.3. The quantitative estimate of drug-likeness (QED) is 0.0256. The molecule has 4 aromatic carbocycles. The number of unbranched alkanes of at least 4 members (excludes halogenated alkanes) is 20. The topological polar surface area (TPSA) is 36.9 Å². The van der Waals surface area contributed by atoms with E-state index in [-0.39, 0.29) is 4.81 Å². The van der Waals surface area contributed by atoms with Crippen LogP contribution in [0.3, 0.4) is 0 Å². The molecule has 0 aliphatic rings. The molecule has 4 rings (SSSR count). The van der Waals surface area contributed by atoms with Crippen molar-refractivity contribution < 1.29 is 24.0 Å². The van der Waals surface area contributed by atoms with Crippen molar-refractivity contribution in [2.45, 2.75) is 181 Å². The summed E-state index contributed by atoms with van der Waals surface area (Å²) in [5.41, 5.74) is 7.95. The van der Waals surface area contributed by atoms with Crippen LogP contribution in [0.4, 0.5) is 0 Å². The van der Waals surface area contributed by atoms with E-state index in [1.807, 2.05) is 14.1 Å². The highest BCUT2D eigenvalue weighted by Gasteiger charge is 2.18. The zero-order valence-electron chi connectivity index (χ0n) is 40.5. The second kappa shape index (κ2) is 32.9. The van der Waals surface area contributed by atoms with Crippen LogP contribution < -0.4 is 9.47 Å². The standard InChI is InChI=1S/C58H88NO4/c1-5-7-9-25-47-60-57-43-39-55(40-44-57)53-35-31-51(32-36-53)29-23-19-15-11-13-17-21-27-49-62-59(3,4)63-50-28-22-18-14-12-16-20-24-30-52-33-37-54(38-34-52)56-41-45-58(46-42-56)61-48-26-10-8-6-2/h31-46H,5-30,47-50H2,1-4H3/q+1. The minimum atomic E-state index is 0.203. The van der Waals surface area contributed by atoms with Crippen LogP contribution in [0, 0.1) is 0 Å². The van der Waals surface area contributed by atoms with E-state index < -0.39 is 0 Å². The smallest absolute Gasteiger partial charge is 0.132 e. The number of hydroxylamine groups is 4. The maximum absolute atomic E-state index is 6.06. The zero-order chi connectivity index (χ0) is 44.5. The summed E-state index contributed by atoms with van der Waals surface area (Å²) in [4.78, 5) is 12.3. The van der Waals surface area contributed by atoms with Gasteiger partial charge in [0.15, 0.2) is 0 Å². The largest absolute Gasteiger partial charge is 0.494 e. The summed E-state index contributed by atoms with van der Waals surface area (Å²) in [6.45, 7) is 7.64.